The van der Waals surface area contributed by atoms with E-state index >= 15 is 0 Å². The lowest BCUT2D eigenvalue weighted by atomic mass is 9.68. The van der Waals surface area contributed by atoms with Crippen LogP contribution in [0, 0.1) is 0 Å². The Bertz CT molecular complexity index is 906. The van der Waals surface area contributed by atoms with Gasteiger partial charge < -0.3 is 14.8 Å². The minimum Gasteiger partial charge on any atom is -0.377 e. The van der Waals surface area contributed by atoms with Crippen molar-refractivity contribution >= 4 is 0 Å². The number of nitrogens with one attached hydrogen (secondary N) is 1. The molecule has 1 spiro atoms. The van der Waals surface area contributed by atoms with Crippen molar-refractivity contribution in [3.63, 3.8) is 0 Å². The van der Waals surface area contributed by atoms with E-state index in [4.69, 9.17) is 14.5 Å². The third kappa shape index (κ3) is 3.91. The summed E-state index contributed by atoms with van der Waals surface area (Å²) in [5.41, 5.74) is 2.41. The summed E-state index contributed by atoms with van der Waals surface area (Å²) in [4.78, 5) is 4.85. The van der Waals surface area contributed by atoms with E-state index in [0.717, 1.165) is 38.8 Å². The maximum absolute atomic E-state index is 6.41. The van der Waals surface area contributed by atoms with Gasteiger partial charge in [-0.25, -0.2) is 0 Å². The van der Waals surface area contributed by atoms with Crippen molar-refractivity contribution < 1.29 is 9.47 Å². The molecule has 1 aliphatic carbocycles. The van der Waals surface area contributed by atoms with Crippen LogP contribution in [0.15, 0.2) is 36.7 Å². The minimum atomic E-state index is -0.248. The SMILES string of the molecule is COC(C)(C)C1CC(NCCC2(c3ccccn3)CCOC3(CCCC3)C2)c2ccnn21. The number of aromatic nitrogens is 3. The minimum absolute atomic E-state index is 0.0648. The number of rotatable bonds is 7. The molecule has 4 heterocycles. The van der Waals surface area contributed by atoms with Gasteiger partial charge in [0.05, 0.1) is 29.0 Å². The van der Waals surface area contributed by atoms with E-state index in [-0.39, 0.29) is 22.7 Å². The average molecular weight is 439 g/mol. The zero-order valence-corrected chi connectivity index (χ0v) is 19.8. The first-order valence-corrected chi connectivity index (χ1v) is 12.3. The first-order chi connectivity index (χ1) is 15.5. The highest BCUT2D eigenvalue weighted by atomic mass is 16.5. The number of pyridine rings is 1. The van der Waals surface area contributed by atoms with Crippen molar-refractivity contribution in [3.05, 3.63) is 48.0 Å². The quantitative estimate of drug-likeness (QED) is 0.677. The maximum Gasteiger partial charge on any atom is 0.0846 e. The van der Waals surface area contributed by atoms with Gasteiger partial charge in [0.15, 0.2) is 0 Å². The molecular weight excluding hydrogens is 400 g/mol. The van der Waals surface area contributed by atoms with E-state index in [1.807, 2.05) is 18.5 Å². The van der Waals surface area contributed by atoms with Crippen LogP contribution >= 0.6 is 0 Å². The van der Waals surface area contributed by atoms with Crippen LogP contribution in [0.4, 0.5) is 0 Å². The molecule has 3 atom stereocenters. The summed E-state index contributed by atoms with van der Waals surface area (Å²) in [5, 5.41) is 8.51. The fourth-order valence-electron chi connectivity index (χ4n) is 6.49. The van der Waals surface area contributed by atoms with Gasteiger partial charge in [0.25, 0.3) is 0 Å². The molecule has 174 valence electrons. The number of ether oxygens (including phenoxy) is 2. The Labute approximate surface area is 192 Å². The first kappa shape index (κ1) is 22.1. The average Bonchev–Trinajstić information content (AvgIpc) is 3.53. The fraction of sp³-hybridized carbons (Fsp3) is 0.692. The highest BCUT2D eigenvalue weighted by Crippen LogP contribution is 2.50. The molecule has 2 aromatic rings. The number of hydrogen-bond acceptors (Lipinski definition) is 5. The summed E-state index contributed by atoms with van der Waals surface area (Å²) in [6.45, 7) is 6.12. The highest BCUT2D eigenvalue weighted by molar-refractivity contribution is 5.21. The van der Waals surface area contributed by atoms with Gasteiger partial charge in [-0.2, -0.15) is 5.10 Å². The van der Waals surface area contributed by atoms with Crippen LogP contribution in [0.25, 0.3) is 0 Å². The Hall–Kier alpha value is -1.76. The number of nitrogens with zero attached hydrogens (tertiary/aromatic N) is 3. The Morgan fingerprint density at radius 1 is 1.19 bits per heavy atom. The van der Waals surface area contributed by atoms with Crippen LogP contribution < -0.4 is 5.32 Å². The molecular formula is C26H38N4O2. The smallest absolute Gasteiger partial charge is 0.0846 e. The monoisotopic (exact) mass is 438 g/mol. The van der Waals surface area contributed by atoms with Crippen molar-refractivity contribution in [2.75, 3.05) is 20.3 Å². The lowest BCUT2D eigenvalue weighted by Gasteiger charge is -2.46. The standard InChI is InChI=1S/C26H38N4O2/c1-24(2,31-3)23-18-20(21-9-15-29-30(21)23)27-16-12-25(22-8-4-7-14-28-22)13-17-32-26(19-25)10-5-6-11-26/h4,7-9,14-15,20,23,27H,5-6,10-13,16-19H2,1-3H3. The van der Waals surface area contributed by atoms with E-state index in [1.54, 1.807) is 7.11 Å². The van der Waals surface area contributed by atoms with Crippen molar-refractivity contribution in [1.29, 1.82) is 0 Å². The molecule has 2 aliphatic heterocycles. The highest BCUT2D eigenvalue weighted by Gasteiger charge is 2.48. The topological polar surface area (TPSA) is 61.2 Å². The summed E-state index contributed by atoms with van der Waals surface area (Å²) in [6, 6.07) is 9.09. The van der Waals surface area contributed by atoms with Crippen molar-refractivity contribution in [1.82, 2.24) is 20.1 Å². The Morgan fingerprint density at radius 3 is 2.78 bits per heavy atom. The molecule has 32 heavy (non-hydrogen) atoms. The third-order valence-corrected chi connectivity index (χ3v) is 8.51. The van der Waals surface area contributed by atoms with Gasteiger partial charge >= 0.3 is 0 Å². The van der Waals surface area contributed by atoms with Gasteiger partial charge in [-0.05, 0) is 77.1 Å². The molecule has 3 unspecified atom stereocenters. The molecule has 0 bridgehead atoms. The van der Waals surface area contributed by atoms with E-state index in [0.29, 0.717) is 6.04 Å². The molecule has 1 saturated heterocycles. The molecule has 6 nitrogen and oxygen atoms in total. The Kier molecular flexibility index (Phi) is 5.89. The van der Waals surface area contributed by atoms with Gasteiger partial charge in [-0.1, -0.05) is 18.9 Å². The molecule has 0 aromatic carbocycles. The van der Waals surface area contributed by atoms with Crippen LogP contribution in [-0.4, -0.2) is 46.2 Å². The second-order valence-corrected chi connectivity index (χ2v) is 10.7. The van der Waals surface area contributed by atoms with Gasteiger partial charge in [-0.3, -0.25) is 9.67 Å². The lowest BCUT2D eigenvalue weighted by molar-refractivity contribution is -0.104. The lowest BCUT2D eigenvalue weighted by Crippen LogP contribution is -2.47. The summed E-state index contributed by atoms with van der Waals surface area (Å²) in [7, 11) is 1.80. The third-order valence-electron chi connectivity index (χ3n) is 8.51. The van der Waals surface area contributed by atoms with E-state index in [1.165, 1.54) is 37.1 Å². The Morgan fingerprint density at radius 2 is 2.03 bits per heavy atom. The second-order valence-electron chi connectivity index (χ2n) is 10.7. The van der Waals surface area contributed by atoms with Crippen molar-refractivity contribution in [2.24, 2.45) is 0 Å². The number of hydrogen-bond donors (Lipinski definition) is 1. The summed E-state index contributed by atoms with van der Waals surface area (Å²) in [6.07, 6.45) is 13.1. The van der Waals surface area contributed by atoms with Crippen LogP contribution in [-0.2, 0) is 14.9 Å². The van der Waals surface area contributed by atoms with Gasteiger partial charge in [-0.15, -0.1) is 0 Å². The maximum atomic E-state index is 6.41. The molecule has 5 rings (SSSR count). The van der Waals surface area contributed by atoms with Gasteiger partial charge in [0.2, 0.25) is 0 Å². The summed E-state index contributed by atoms with van der Waals surface area (Å²) in [5.74, 6) is 0. The van der Waals surface area contributed by atoms with E-state index < -0.39 is 0 Å². The summed E-state index contributed by atoms with van der Waals surface area (Å²) >= 11 is 0. The first-order valence-electron chi connectivity index (χ1n) is 12.3. The van der Waals surface area contributed by atoms with Crippen LogP contribution in [0.3, 0.4) is 0 Å². The van der Waals surface area contributed by atoms with Crippen molar-refractivity contribution in [2.45, 2.75) is 93.9 Å². The largest absolute Gasteiger partial charge is 0.377 e. The molecule has 1 N–H and O–H groups in total. The Balaban J connectivity index is 1.32. The molecule has 6 heteroatoms. The number of fused-ring (bicyclic) bond motifs is 1. The second kappa shape index (κ2) is 8.54. The zero-order valence-electron chi connectivity index (χ0n) is 19.8. The van der Waals surface area contributed by atoms with Gasteiger partial charge in [0.1, 0.15) is 0 Å². The molecule has 3 aliphatic rings. The van der Waals surface area contributed by atoms with Crippen molar-refractivity contribution in [3.8, 4) is 0 Å². The predicted octanol–water partition coefficient (Wildman–Crippen LogP) is 4.73. The zero-order chi connectivity index (χ0) is 22.2. The molecule has 0 radical (unpaired) electrons. The van der Waals surface area contributed by atoms with E-state index in [2.05, 4.69) is 47.1 Å². The van der Waals surface area contributed by atoms with Gasteiger partial charge in [0, 0.05) is 37.2 Å². The molecule has 1 saturated carbocycles. The molecule has 2 fully saturated rings. The van der Waals surface area contributed by atoms with Crippen LogP contribution in [0.1, 0.15) is 88.7 Å². The molecule has 2 aromatic heterocycles. The molecule has 0 amide bonds. The summed E-state index contributed by atoms with van der Waals surface area (Å²) < 4.78 is 14.4. The normalized spacial score (nSPS) is 29.5. The predicted molar refractivity (Wildman–Crippen MR) is 125 cm³/mol. The van der Waals surface area contributed by atoms with Crippen LogP contribution in [0.5, 0.6) is 0 Å². The number of methoxy groups -OCH3 is 1. The van der Waals surface area contributed by atoms with E-state index in [9.17, 15) is 0 Å². The van der Waals surface area contributed by atoms with Crippen LogP contribution in [0.2, 0.25) is 0 Å². The fourth-order valence-corrected chi connectivity index (χ4v) is 6.49.